The van der Waals surface area contributed by atoms with E-state index in [1.165, 1.54) is 29.9 Å². The summed E-state index contributed by atoms with van der Waals surface area (Å²) < 4.78 is 13.3. The zero-order chi connectivity index (χ0) is 31.2. The second kappa shape index (κ2) is 21.4. The summed E-state index contributed by atoms with van der Waals surface area (Å²) in [5, 5.41) is 15.2. The molecule has 0 spiro atoms. The maximum atomic E-state index is 13.3. The lowest BCUT2D eigenvalue weighted by molar-refractivity contribution is -0.137. The molecular weight excluding hydrogens is 535 g/mol. The number of aryl methyl sites for hydroxylation is 1. The van der Waals surface area contributed by atoms with Gasteiger partial charge in [0.15, 0.2) is 0 Å². The average Bonchev–Trinajstić information content (AvgIpc) is 2.99. The van der Waals surface area contributed by atoms with E-state index < -0.39 is 17.7 Å². The number of hydrogen-bond acceptors (Lipinski definition) is 6. The lowest BCUT2D eigenvalue weighted by atomic mass is 9.91. The molecule has 1 aromatic carbocycles. The van der Waals surface area contributed by atoms with Crippen LogP contribution in [0.5, 0.6) is 0 Å². The summed E-state index contributed by atoms with van der Waals surface area (Å²) in [5.41, 5.74) is 2.90. The van der Waals surface area contributed by atoms with Gasteiger partial charge in [-0.15, -0.1) is 0 Å². The number of oxime groups is 1. The third-order valence-corrected chi connectivity index (χ3v) is 6.17. The van der Waals surface area contributed by atoms with Crippen molar-refractivity contribution in [2.75, 3.05) is 13.1 Å². The maximum absolute atomic E-state index is 13.3. The molecule has 0 saturated heterocycles. The minimum atomic E-state index is -0.844. The molecular formula is C33H43FN4O4. The van der Waals surface area contributed by atoms with Crippen LogP contribution in [0, 0.1) is 0 Å². The monoisotopic (exact) mass is 578 g/mol. The second-order valence-electron chi connectivity index (χ2n) is 9.06. The van der Waals surface area contributed by atoms with Gasteiger partial charge in [0.1, 0.15) is 5.83 Å². The minimum Gasteiger partial charge on any atom is -0.481 e. The van der Waals surface area contributed by atoms with Crippen molar-refractivity contribution in [1.82, 2.24) is 5.32 Å². The molecule has 42 heavy (non-hydrogen) atoms. The van der Waals surface area contributed by atoms with Gasteiger partial charge in [0.25, 0.3) is 5.91 Å². The molecule has 8 nitrogen and oxygen atoms in total. The smallest absolute Gasteiger partial charge is 0.303 e. The third-order valence-electron chi connectivity index (χ3n) is 6.17. The van der Waals surface area contributed by atoms with Crippen molar-refractivity contribution in [3.8, 4) is 0 Å². The average molecular weight is 579 g/mol. The Morgan fingerprint density at radius 2 is 1.93 bits per heavy atom. The fourth-order valence-electron chi connectivity index (χ4n) is 4.00. The number of unbranched alkanes of at least 4 members (excludes halogenated alkanes) is 2. The fourth-order valence-corrected chi connectivity index (χ4v) is 4.00. The lowest BCUT2D eigenvalue weighted by Gasteiger charge is -2.18. The number of nitrogens with one attached hydrogen (secondary N) is 1. The first-order valence-corrected chi connectivity index (χ1v) is 14.1. The molecule has 1 aromatic rings. The summed E-state index contributed by atoms with van der Waals surface area (Å²) in [7, 11) is 0. The van der Waals surface area contributed by atoms with Crippen LogP contribution in [0.4, 0.5) is 4.39 Å². The summed E-state index contributed by atoms with van der Waals surface area (Å²) in [6.07, 6.45) is 14.0. The standard InChI is InChI=1S/C33H43FN4O4/c1-6-25-17-12-13-19-29(25)27(8-3)33(42-35-5)38-24-16-20-30(36-22-14-10-11-21-31(39)40)28(9-4)32(41)37-23-15-18-26(34)7-2/h7,9,12-13,15-20,22,27H,4-6,8,10-11,14,21,23-24H2,1-3H3,(H,37,41)(H,39,40)/b18-15-,20-16+,26-7+,30-28-,36-22+,38-33-. The summed E-state index contributed by atoms with van der Waals surface area (Å²) in [5.74, 6) is -1.34. The van der Waals surface area contributed by atoms with Crippen molar-refractivity contribution in [1.29, 1.82) is 0 Å². The van der Waals surface area contributed by atoms with Crippen molar-refractivity contribution in [3.63, 3.8) is 0 Å². The van der Waals surface area contributed by atoms with E-state index >= 15 is 0 Å². The minimum absolute atomic E-state index is 0.0849. The van der Waals surface area contributed by atoms with Crippen LogP contribution in [0.3, 0.4) is 0 Å². The molecule has 0 aromatic heterocycles. The molecule has 0 aliphatic rings. The number of aliphatic imine (C=N–C) groups is 2. The molecule has 1 amide bonds. The quantitative estimate of drug-likeness (QED) is 0.0458. The van der Waals surface area contributed by atoms with Crippen LogP contribution in [0.2, 0.25) is 0 Å². The van der Waals surface area contributed by atoms with Gasteiger partial charge in [-0.2, -0.15) is 0 Å². The largest absolute Gasteiger partial charge is 0.481 e. The van der Waals surface area contributed by atoms with Crippen LogP contribution in [0.1, 0.15) is 69.9 Å². The van der Waals surface area contributed by atoms with Crippen LogP contribution in [0.15, 0.2) is 99.5 Å². The molecule has 0 heterocycles. The maximum Gasteiger partial charge on any atom is 0.303 e. The van der Waals surface area contributed by atoms with Crippen LogP contribution < -0.4 is 5.32 Å². The van der Waals surface area contributed by atoms with Crippen molar-refractivity contribution in [2.45, 2.75) is 65.2 Å². The predicted octanol–water partition coefficient (Wildman–Crippen LogP) is 7.03. The fraction of sp³-hybridized carbons (Fsp3) is 0.364. The van der Waals surface area contributed by atoms with Crippen molar-refractivity contribution in [3.05, 3.63) is 95.5 Å². The SMILES string of the molecule is C=C/C(C(=O)NC/C=C\C(F)=C/C)=C(\C=C\C/N=C(\ON=C)C(CC)c1ccccc1CC)/N=C/CCCCC(=O)O. The molecule has 0 bridgehead atoms. The van der Waals surface area contributed by atoms with Crippen LogP contribution in [-0.2, 0) is 20.8 Å². The number of aliphatic carboxylic acids is 1. The van der Waals surface area contributed by atoms with E-state index in [0.717, 1.165) is 18.4 Å². The number of amides is 1. The zero-order valence-corrected chi connectivity index (χ0v) is 24.9. The Hall–Kier alpha value is -4.40. The molecule has 1 atom stereocenters. The van der Waals surface area contributed by atoms with Crippen LogP contribution >= 0.6 is 0 Å². The molecule has 0 aliphatic heterocycles. The summed E-state index contributed by atoms with van der Waals surface area (Å²) in [4.78, 5) is 38.2. The lowest BCUT2D eigenvalue weighted by Crippen LogP contribution is -2.25. The number of allylic oxidation sites excluding steroid dienone is 4. The summed E-state index contributed by atoms with van der Waals surface area (Å²) in [6.45, 7) is 13.3. The molecule has 0 saturated carbocycles. The van der Waals surface area contributed by atoms with Gasteiger partial charge in [0.05, 0.1) is 23.7 Å². The number of carboxylic acid groups (broad SMARTS) is 1. The van der Waals surface area contributed by atoms with E-state index in [-0.39, 0.29) is 31.0 Å². The van der Waals surface area contributed by atoms with E-state index in [2.05, 4.69) is 59.7 Å². The van der Waals surface area contributed by atoms with E-state index in [4.69, 9.17) is 9.94 Å². The second-order valence-corrected chi connectivity index (χ2v) is 9.06. The van der Waals surface area contributed by atoms with E-state index in [1.54, 1.807) is 25.3 Å². The van der Waals surface area contributed by atoms with Gasteiger partial charge in [-0.05, 0) is 62.3 Å². The first kappa shape index (κ1) is 35.6. The van der Waals surface area contributed by atoms with E-state index in [0.29, 0.717) is 30.9 Å². The Kier molecular flexibility index (Phi) is 18.1. The summed E-state index contributed by atoms with van der Waals surface area (Å²) >= 11 is 0. The summed E-state index contributed by atoms with van der Waals surface area (Å²) in [6, 6.07) is 8.14. The number of hydrogen-bond donors (Lipinski definition) is 2. The topological polar surface area (TPSA) is 113 Å². The van der Waals surface area contributed by atoms with Crippen molar-refractivity contribution < 1.29 is 23.9 Å². The number of halogens is 1. The highest BCUT2D eigenvalue weighted by Gasteiger charge is 2.21. The van der Waals surface area contributed by atoms with Crippen molar-refractivity contribution >= 4 is 30.7 Å². The van der Waals surface area contributed by atoms with Gasteiger partial charge in [-0.1, -0.05) is 74.2 Å². The van der Waals surface area contributed by atoms with Crippen LogP contribution in [0.25, 0.3) is 0 Å². The highest BCUT2D eigenvalue weighted by atomic mass is 19.1. The van der Waals surface area contributed by atoms with Gasteiger partial charge >= 0.3 is 5.97 Å². The highest BCUT2D eigenvalue weighted by Crippen LogP contribution is 2.26. The Bertz CT molecular complexity index is 1230. The Morgan fingerprint density at radius 1 is 1.17 bits per heavy atom. The van der Waals surface area contributed by atoms with Gasteiger partial charge in [-0.3, -0.25) is 14.6 Å². The zero-order valence-electron chi connectivity index (χ0n) is 24.9. The molecule has 226 valence electrons. The molecule has 0 radical (unpaired) electrons. The van der Waals surface area contributed by atoms with Gasteiger partial charge < -0.3 is 15.3 Å². The first-order chi connectivity index (χ1) is 20.3. The van der Waals surface area contributed by atoms with Gasteiger partial charge in [0.2, 0.25) is 5.90 Å². The Morgan fingerprint density at radius 3 is 2.57 bits per heavy atom. The predicted molar refractivity (Wildman–Crippen MR) is 170 cm³/mol. The van der Waals surface area contributed by atoms with Crippen molar-refractivity contribution in [2.24, 2.45) is 15.1 Å². The van der Waals surface area contributed by atoms with Gasteiger partial charge in [-0.25, -0.2) is 9.38 Å². The third kappa shape index (κ3) is 13.3. The molecule has 1 unspecified atom stereocenters. The number of benzene rings is 1. The normalized spacial score (nSPS) is 13.8. The number of carboxylic acids is 1. The Labute approximate surface area is 248 Å². The van der Waals surface area contributed by atoms with Crippen LogP contribution in [-0.4, -0.2) is 48.9 Å². The Balaban J connectivity index is 3.23. The number of carbonyl (C=O) groups is 2. The molecule has 0 fully saturated rings. The number of rotatable bonds is 19. The van der Waals surface area contributed by atoms with Gasteiger partial charge in [0, 0.05) is 25.9 Å². The number of carbonyl (C=O) groups excluding carboxylic acids is 1. The van der Waals surface area contributed by atoms with E-state index in [9.17, 15) is 14.0 Å². The molecule has 2 N–H and O–H groups in total. The molecule has 1 rings (SSSR count). The molecule has 0 aliphatic carbocycles. The number of nitrogens with zero attached hydrogens (tertiary/aromatic N) is 3. The highest BCUT2D eigenvalue weighted by molar-refractivity contribution is 5.97. The van der Waals surface area contributed by atoms with E-state index in [1.807, 2.05) is 12.1 Å². The molecule has 9 heteroatoms. The first-order valence-electron chi connectivity index (χ1n) is 14.1.